The maximum absolute atomic E-state index is 12.4. The minimum atomic E-state index is -3.04. The van der Waals surface area contributed by atoms with Gasteiger partial charge < -0.3 is 9.32 Å². The van der Waals surface area contributed by atoms with E-state index >= 15 is 0 Å². The summed E-state index contributed by atoms with van der Waals surface area (Å²) in [4.78, 5) is 25.9. The minimum absolute atomic E-state index is 0.0322. The maximum Gasteiger partial charge on any atom is 0.420 e. The lowest BCUT2D eigenvalue weighted by Gasteiger charge is -2.26. The third kappa shape index (κ3) is 1.90. The van der Waals surface area contributed by atoms with Crippen molar-refractivity contribution in [2.45, 2.75) is 24.3 Å². The van der Waals surface area contributed by atoms with Crippen molar-refractivity contribution in [1.29, 1.82) is 0 Å². The molecule has 2 unspecified atom stereocenters. The first-order valence-electron chi connectivity index (χ1n) is 7.05. The first-order chi connectivity index (χ1) is 10.5. The summed E-state index contributed by atoms with van der Waals surface area (Å²) in [5.74, 6) is -0.785. The standard InChI is InChI=1S/C14H14N2O5S/c17-13(15-6-10-5-9(15)8-22(10,19)20)7-16-11-3-1-2-4-12(11)21-14(16)18/h1-4,9-10H,5-8H2. The van der Waals surface area contributed by atoms with E-state index in [4.69, 9.17) is 4.42 Å². The molecule has 2 aliphatic rings. The van der Waals surface area contributed by atoms with Gasteiger partial charge in [-0.25, -0.2) is 13.2 Å². The van der Waals surface area contributed by atoms with Gasteiger partial charge in [0.2, 0.25) is 5.91 Å². The van der Waals surface area contributed by atoms with Gasteiger partial charge in [0.1, 0.15) is 6.54 Å². The van der Waals surface area contributed by atoms with Gasteiger partial charge in [-0.1, -0.05) is 12.1 Å². The number of benzene rings is 1. The van der Waals surface area contributed by atoms with Crippen LogP contribution in [0.25, 0.3) is 11.1 Å². The number of hydrogen-bond donors (Lipinski definition) is 0. The Balaban J connectivity index is 1.61. The van der Waals surface area contributed by atoms with Gasteiger partial charge in [-0.2, -0.15) is 0 Å². The normalized spacial score (nSPS) is 25.9. The first kappa shape index (κ1) is 13.6. The summed E-state index contributed by atoms with van der Waals surface area (Å²) < 4.78 is 29.8. The zero-order valence-corrected chi connectivity index (χ0v) is 12.5. The van der Waals surface area contributed by atoms with Gasteiger partial charge in [-0.3, -0.25) is 9.36 Å². The fourth-order valence-corrected chi connectivity index (χ4v) is 5.42. The Labute approximate surface area is 126 Å². The molecule has 2 fully saturated rings. The SMILES string of the molecule is O=C(Cn1c(=O)oc2ccccc21)N1CC2CC1CS2(=O)=O. The molecule has 1 aromatic carbocycles. The van der Waals surface area contributed by atoms with Crippen molar-refractivity contribution in [2.75, 3.05) is 12.3 Å². The Morgan fingerprint density at radius 3 is 2.77 bits per heavy atom. The second kappa shape index (κ2) is 4.45. The van der Waals surface area contributed by atoms with Crippen LogP contribution in [-0.2, 0) is 21.2 Å². The number of nitrogens with zero attached hydrogens (tertiary/aromatic N) is 2. The number of likely N-dealkylation sites (tertiary alicyclic amines) is 1. The number of aromatic nitrogens is 1. The van der Waals surface area contributed by atoms with E-state index in [-0.39, 0.29) is 30.8 Å². The molecule has 116 valence electrons. The fourth-order valence-electron chi connectivity index (χ4n) is 3.39. The summed E-state index contributed by atoms with van der Waals surface area (Å²) in [6.45, 7) is 0.107. The highest BCUT2D eigenvalue weighted by molar-refractivity contribution is 7.92. The molecule has 2 atom stereocenters. The Morgan fingerprint density at radius 2 is 2.09 bits per heavy atom. The van der Waals surface area contributed by atoms with E-state index in [1.165, 1.54) is 4.57 Å². The van der Waals surface area contributed by atoms with E-state index in [1.54, 1.807) is 29.2 Å². The molecule has 2 saturated heterocycles. The Hall–Kier alpha value is -2.09. The van der Waals surface area contributed by atoms with E-state index in [2.05, 4.69) is 0 Å². The minimum Gasteiger partial charge on any atom is -0.408 e. The zero-order valence-electron chi connectivity index (χ0n) is 11.6. The van der Waals surface area contributed by atoms with Gasteiger partial charge in [0, 0.05) is 12.6 Å². The molecule has 0 spiro atoms. The average molecular weight is 322 g/mol. The van der Waals surface area contributed by atoms with Crippen molar-refractivity contribution < 1.29 is 17.6 Å². The Kier molecular flexibility index (Phi) is 2.75. The van der Waals surface area contributed by atoms with E-state index in [0.717, 1.165) is 0 Å². The number of oxazole rings is 1. The highest BCUT2D eigenvalue weighted by Crippen LogP contribution is 2.33. The monoisotopic (exact) mass is 322 g/mol. The third-order valence-corrected chi connectivity index (χ3v) is 6.70. The van der Waals surface area contributed by atoms with Crippen LogP contribution in [0.1, 0.15) is 6.42 Å². The molecule has 2 aliphatic heterocycles. The Morgan fingerprint density at radius 1 is 1.32 bits per heavy atom. The van der Waals surface area contributed by atoms with Crippen LogP contribution in [0.2, 0.25) is 0 Å². The number of para-hydroxylation sites is 2. The van der Waals surface area contributed by atoms with Crippen molar-refractivity contribution >= 4 is 26.8 Å². The van der Waals surface area contributed by atoms with Crippen LogP contribution in [0.3, 0.4) is 0 Å². The van der Waals surface area contributed by atoms with Gasteiger partial charge in [-0.05, 0) is 18.6 Å². The number of fused-ring (bicyclic) bond motifs is 3. The molecule has 1 aromatic heterocycles. The highest BCUT2D eigenvalue weighted by atomic mass is 32.2. The quantitative estimate of drug-likeness (QED) is 0.776. The fraction of sp³-hybridized carbons (Fsp3) is 0.429. The molecule has 4 rings (SSSR count). The van der Waals surface area contributed by atoms with E-state index in [0.29, 0.717) is 17.5 Å². The van der Waals surface area contributed by atoms with E-state index < -0.39 is 20.8 Å². The van der Waals surface area contributed by atoms with Crippen LogP contribution in [0.15, 0.2) is 33.5 Å². The average Bonchev–Trinajstić information content (AvgIpc) is 3.09. The van der Waals surface area contributed by atoms with Gasteiger partial charge in [-0.15, -0.1) is 0 Å². The second-order valence-corrected chi connectivity index (χ2v) is 8.13. The molecule has 0 N–H and O–H groups in total. The smallest absolute Gasteiger partial charge is 0.408 e. The molecule has 1 amide bonds. The van der Waals surface area contributed by atoms with Crippen LogP contribution < -0.4 is 5.76 Å². The number of rotatable bonds is 2. The summed E-state index contributed by atoms with van der Waals surface area (Å²) in [5, 5.41) is -0.445. The lowest BCUT2D eigenvalue weighted by Crippen LogP contribution is -2.45. The molecule has 2 aromatic rings. The molecule has 0 radical (unpaired) electrons. The van der Waals surface area contributed by atoms with Gasteiger partial charge in [0.25, 0.3) is 0 Å². The number of hydrogen-bond acceptors (Lipinski definition) is 5. The molecule has 2 bridgehead atoms. The van der Waals surface area contributed by atoms with E-state index in [1.807, 2.05) is 0 Å². The number of carbonyl (C=O) groups excluding carboxylic acids is 1. The maximum atomic E-state index is 12.4. The molecular weight excluding hydrogens is 308 g/mol. The van der Waals surface area contributed by atoms with Crippen molar-refractivity contribution in [3.8, 4) is 0 Å². The highest BCUT2D eigenvalue weighted by Gasteiger charge is 2.49. The van der Waals surface area contributed by atoms with Gasteiger partial charge in [0.15, 0.2) is 15.4 Å². The van der Waals surface area contributed by atoms with Crippen LogP contribution in [0.5, 0.6) is 0 Å². The predicted octanol–water partition coefficient (Wildman–Crippen LogP) is -0.00760. The molecule has 22 heavy (non-hydrogen) atoms. The first-order valence-corrected chi connectivity index (χ1v) is 8.77. The summed E-state index contributed by atoms with van der Waals surface area (Å²) in [5.41, 5.74) is 1.00. The molecule has 7 nitrogen and oxygen atoms in total. The summed E-state index contributed by atoms with van der Waals surface area (Å²) >= 11 is 0. The molecular formula is C14H14N2O5S. The van der Waals surface area contributed by atoms with Crippen LogP contribution in [-0.4, -0.2) is 47.4 Å². The third-order valence-electron chi connectivity index (χ3n) is 4.50. The predicted molar refractivity (Wildman–Crippen MR) is 78.2 cm³/mol. The summed E-state index contributed by atoms with van der Waals surface area (Å²) in [6.07, 6.45) is 0.509. The lowest BCUT2D eigenvalue weighted by atomic mass is 10.2. The van der Waals surface area contributed by atoms with Crippen LogP contribution in [0.4, 0.5) is 0 Å². The van der Waals surface area contributed by atoms with Gasteiger partial charge in [0.05, 0.1) is 16.5 Å². The number of sulfone groups is 1. The van der Waals surface area contributed by atoms with Gasteiger partial charge >= 0.3 is 5.76 Å². The Bertz CT molecular complexity index is 926. The topological polar surface area (TPSA) is 89.6 Å². The van der Waals surface area contributed by atoms with Crippen molar-refractivity contribution in [3.63, 3.8) is 0 Å². The van der Waals surface area contributed by atoms with Crippen LogP contribution in [0, 0.1) is 0 Å². The second-order valence-electron chi connectivity index (χ2n) is 5.81. The zero-order chi connectivity index (χ0) is 15.5. The molecule has 0 saturated carbocycles. The number of amides is 1. The lowest BCUT2D eigenvalue weighted by molar-refractivity contribution is -0.132. The molecule has 8 heteroatoms. The summed E-state index contributed by atoms with van der Waals surface area (Å²) in [7, 11) is -3.04. The molecule has 0 aliphatic carbocycles. The largest absolute Gasteiger partial charge is 0.420 e. The molecule has 3 heterocycles. The van der Waals surface area contributed by atoms with Crippen molar-refractivity contribution in [1.82, 2.24) is 9.47 Å². The van der Waals surface area contributed by atoms with Crippen LogP contribution >= 0.6 is 0 Å². The van der Waals surface area contributed by atoms with Crippen molar-refractivity contribution in [3.05, 3.63) is 34.8 Å². The number of carbonyl (C=O) groups is 1. The van der Waals surface area contributed by atoms with Crippen molar-refractivity contribution in [2.24, 2.45) is 0 Å². The summed E-state index contributed by atoms with van der Waals surface area (Å²) in [6, 6.07) is 6.65. The van der Waals surface area contributed by atoms with E-state index in [9.17, 15) is 18.0 Å².